The SMILES string of the molecule is CC[C@H](C)[C@@H]([C@@H](CC(=O)N1CCC[C@H]1[C@H](OC)[C@@H](C)C(=O)N(C)[C@H](C)[C@@H](O)c1ccccc1)OC)N(C)C(=O)[C@@H](NC(=O)[C@H](C(C)C)N(C)CC)C(C)C. The Bertz CT molecular complexity index is 1330. The van der Waals surface area contributed by atoms with E-state index in [1.165, 1.54) is 0 Å². The van der Waals surface area contributed by atoms with Gasteiger partial charge in [-0.15, -0.1) is 0 Å². The average Bonchev–Trinajstić information content (AvgIpc) is 3.64. The lowest BCUT2D eigenvalue weighted by Gasteiger charge is -2.41. The molecule has 0 aromatic heterocycles. The number of nitrogens with one attached hydrogen (secondary N) is 1. The number of hydrogen-bond donors (Lipinski definition) is 2. The van der Waals surface area contributed by atoms with Gasteiger partial charge in [0.2, 0.25) is 23.6 Å². The number of ether oxygens (including phenoxy) is 2. The van der Waals surface area contributed by atoms with E-state index >= 15 is 0 Å². The second-order valence-corrected chi connectivity index (χ2v) is 16.1. The van der Waals surface area contributed by atoms with Crippen LogP contribution < -0.4 is 5.32 Å². The molecule has 2 N–H and O–H groups in total. The second kappa shape index (κ2) is 21.9. The summed E-state index contributed by atoms with van der Waals surface area (Å²) in [5.41, 5.74) is 0.730. The highest BCUT2D eigenvalue weighted by Gasteiger charge is 2.44. The summed E-state index contributed by atoms with van der Waals surface area (Å²) in [5.74, 6) is -1.43. The molecule has 0 unspecified atom stereocenters. The summed E-state index contributed by atoms with van der Waals surface area (Å²) in [7, 11) is 8.49. The van der Waals surface area contributed by atoms with Crippen LogP contribution in [0.15, 0.2) is 30.3 Å². The van der Waals surface area contributed by atoms with Gasteiger partial charge in [0.1, 0.15) is 6.04 Å². The molecule has 308 valence electrons. The molecule has 2 rings (SSSR count). The number of nitrogens with zero attached hydrogens (tertiary/aromatic N) is 4. The van der Waals surface area contributed by atoms with Crippen molar-refractivity contribution in [3.05, 3.63) is 35.9 Å². The minimum absolute atomic E-state index is 0.0163. The number of benzene rings is 1. The molecule has 12 nitrogen and oxygen atoms in total. The Balaban J connectivity index is 2.29. The van der Waals surface area contributed by atoms with Gasteiger partial charge in [-0.1, -0.05) is 92.1 Å². The van der Waals surface area contributed by atoms with Crippen molar-refractivity contribution in [2.75, 3.05) is 48.5 Å². The summed E-state index contributed by atoms with van der Waals surface area (Å²) < 4.78 is 12.0. The molecule has 0 aliphatic carbocycles. The number of likely N-dealkylation sites (N-methyl/N-ethyl adjacent to an activating group) is 3. The fraction of sp³-hybridized carbons (Fsp3) is 0.762. The lowest BCUT2D eigenvalue weighted by molar-refractivity contribution is -0.150. The van der Waals surface area contributed by atoms with Crippen LogP contribution in [-0.4, -0.2) is 139 Å². The minimum Gasteiger partial charge on any atom is -0.386 e. The third-order valence-corrected chi connectivity index (χ3v) is 11.9. The average molecular weight is 760 g/mol. The molecule has 1 heterocycles. The lowest BCUT2D eigenvalue weighted by Crippen LogP contribution is -2.60. The van der Waals surface area contributed by atoms with Crippen molar-refractivity contribution in [2.24, 2.45) is 23.7 Å². The highest BCUT2D eigenvalue weighted by molar-refractivity contribution is 5.90. The van der Waals surface area contributed by atoms with Gasteiger partial charge in [-0.3, -0.25) is 24.1 Å². The molecule has 1 fully saturated rings. The first-order chi connectivity index (χ1) is 25.4. The first-order valence-electron chi connectivity index (χ1n) is 20.0. The Kier molecular flexibility index (Phi) is 19.1. The summed E-state index contributed by atoms with van der Waals surface area (Å²) in [4.78, 5) is 63.0. The Hall–Kier alpha value is -3.06. The summed E-state index contributed by atoms with van der Waals surface area (Å²) in [6.07, 6.45) is 0.175. The maximum atomic E-state index is 14.3. The first kappa shape index (κ1) is 47.1. The van der Waals surface area contributed by atoms with E-state index in [-0.39, 0.29) is 59.9 Å². The molecule has 12 heteroatoms. The molecule has 0 radical (unpaired) electrons. The van der Waals surface area contributed by atoms with Crippen LogP contribution in [0, 0.1) is 23.7 Å². The number of aliphatic hydroxyl groups is 1. The number of methoxy groups -OCH3 is 2. The van der Waals surface area contributed by atoms with Crippen LogP contribution in [0.2, 0.25) is 0 Å². The Morgan fingerprint density at radius 2 is 1.50 bits per heavy atom. The van der Waals surface area contributed by atoms with Crippen LogP contribution in [0.3, 0.4) is 0 Å². The van der Waals surface area contributed by atoms with E-state index < -0.39 is 42.4 Å². The van der Waals surface area contributed by atoms with Crippen LogP contribution in [0.4, 0.5) is 0 Å². The predicted molar refractivity (Wildman–Crippen MR) is 213 cm³/mol. The van der Waals surface area contributed by atoms with E-state index in [0.29, 0.717) is 19.5 Å². The third kappa shape index (κ3) is 11.5. The molecule has 0 saturated carbocycles. The topological polar surface area (TPSA) is 132 Å². The number of carbonyl (C=O) groups excluding carboxylic acids is 4. The van der Waals surface area contributed by atoms with Crippen molar-refractivity contribution in [3.8, 4) is 0 Å². The van der Waals surface area contributed by atoms with E-state index in [1.807, 2.05) is 95.6 Å². The molecular weight excluding hydrogens is 686 g/mol. The maximum Gasteiger partial charge on any atom is 0.245 e. The van der Waals surface area contributed by atoms with Gasteiger partial charge in [-0.2, -0.15) is 0 Å². The van der Waals surface area contributed by atoms with Crippen molar-refractivity contribution in [1.82, 2.24) is 24.9 Å². The molecule has 0 spiro atoms. The van der Waals surface area contributed by atoms with Gasteiger partial charge < -0.3 is 34.6 Å². The predicted octanol–water partition coefficient (Wildman–Crippen LogP) is 4.60. The largest absolute Gasteiger partial charge is 0.386 e. The molecule has 1 aromatic rings. The van der Waals surface area contributed by atoms with E-state index in [0.717, 1.165) is 18.4 Å². The van der Waals surface area contributed by atoms with Crippen molar-refractivity contribution in [3.63, 3.8) is 0 Å². The summed E-state index contributed by atoms with van der Waals surface area (Å²) >= 11 is 0. The molecule has 1 aliphatic rings. The van der Waals surface area contributed by atoms with Crippen molar-refractivity contribution in [1.29, 1.82) is 0 Å². The Morgan fingerprint density at radius 1 is 0.889 bits per heavy atom. The van der Waals surface area contributed by atoms with Gasteiger partial charge >= 0.3 is 0 Å². The quantitative estimate of drug-likeness (QED) is 0.186. The van der Waals surface area contributed by atoms with Crippen LogP contribution in [0.1, 0.15) is 99.7 Å². The standard InChI is InChI=1S/C42H73N5O7/c1-15-28(7)37(46(12)42(52)35(26(3)4)43-40(50)36(27(5)6)44(10)16-2)33(53-13)25-34(48)47-24-20-23-32(47)39(54-14)29(8)41(51)45(11)30(9)38(49)31-21-18-17-19-22-31/h17-19,21-22,26-30,32-33,35-39,49H,15-16,20,23-25H2,1-14H3,(H,43,50)/t28-,29+,30+,32-,33+,35-,36-,37-,38+,39+/m0/s1. The summed E-state index contributed by atoms with van der Waals surface area (Å²) in [5, 5.41) is 14.1. The molecule has 4 amide bonds. The molecular formula is C42H73N5O7. The smallest absolute Gasteiger partial charge is 0.245 e. The number of carbonyl (C=O) groups is 4. The zero-order valence-corrected chi connectivity index (χ0v) is 35.7. The zero-order chi connectivity index (χ0) is 41.0. The number of rotatable bonds is 21. The lowest BCUT2D eigenvalue weighted by atomic mass is 9.89. The number of aliphatic hydroxyl groups excluding tert-OH is 1. The molecule has 1 saturated heterocycles. The highest BCUT2D eigenvalue weighted by Crippen LogP contribution is 2.31. The van der Waals surface area contributed by atoms with E-state index in [1.54, 1.807) is 38.1 Å². The van der Waals surface area contributed by atoms with Crippen molar-refractivity contribution < 1.29 is 33.8 Å². The molecule has 54 heavy (non-hydrogen) atoms. The number of hydrogen-bond acceptors (Lipinski definition) is 8. The number of amides is 4. The van der Waals surface area contributed by atoms with Gasteiger partial charge in [0.15, 0.2) is 0 Å². The van der Waals surface area contributed by atoms with E-state index in [2.05, 4.69) is 19.2 Å². The van der Waals surface area contributed by atoms with Crippen LogP contribution >= 0.6 is 0 Å². The second-order valence-electron chi connectivity index (χ2n) is 16.1. The fourth-order valence-corrected chi connectivity index (χ4v) is 8.14. The van der Waals surface area contributed by atoms with E-state index in [9.17, 15) is 24.3 Å². The van der Waals surface area contributed by atoms with Gasteiger partial charge in [-0.05, 0) is 56.7 Å². The van der Waals surface area contributed by atoms with Gasteiger partial charge in [-0.25, -0.2) is 0 Å². The first-order valence-corrected chi connectivity index (χ1v) is 20.0. The van der Waals surface area contributed by atoms with Gasteiger partial charge in [0, 0.05) is 34.9 Å². The molecule has 0 bridgehead atoms. The third-order valence-electron chi connectivity index (χ3n) is 11.9. The van der Waals surface area contributed by atoms with E-state index in [4.69, 9.17) is 9.47 Å². The zero-order valence-electron chi connectivity index (χ0n) is 35.7. The Morgan fingerprint density at radius 3 is 2.00 bits per heavy atom. The monoisotopic (exact) mass is 760 g/mol. The maximum absolute atomic E-state index is 14.3. The van der Waals surface area contributed by atoms with Crippen molar-refractivity contribution >= 4 is 23.6 Å². The number of likely N-dealkylation sites (tertiary alicyclic amines) is 1. The fourth-order valence-electron chi connectivity index (χ4n) is 8.14. The van der Waals surface area contributed by atoms with Crippen LogP contribution in [-0.2, 0) is 28.7 Å². The van der Waals surface area contributed by atoms with Gasteiger partial charge in [0.25, 0.3) is 0 Å². The molecule has 10 atom stereocenters. The normalized spacial score (nSPS) is 19.8. The van der Waals surface area contributed by atoms with Crippen LogP contribution in [0.25, 0.3) is 0 Å². The highest BCUT2D eigenvalue weighted by atomic mass is 16.5. The Labute approximate surface area is 326 Å². The van der Waals surface area contributed by atoms with Gasteiger partial charge in [0.05, 0.1) is 54.8 Å². The molecule has 1 aliphatic heterocycles. The van der Waals surface area contributed by atoms with Crippen LogP contribution in [0.5, 0.6) is 0 Å². The summed E-state index contributed by atoms with van der Waals surface area (Å²) in [6.45, 7) is 18.8. The summed E-state index contributed by atoms with van der Waals surface area (Å²) in [6, 6.07) is 6.87. The van der Waals surface area contributed by atoms with Crippen molar-refractivity contribution in [2.45, 2.75) is 137 Å². The minimum atomic E-state index is -0.862. The molecule has 1 aromatic carbocycles.